The number of fused-ring (bicyclic) bond motifs is 1. The standard InChI is InChI=1S/C25H25N3O4S2/c1-4-28(5-2)25-26-22-16-13-20(17-23(22)33-25)32-24(29)18-11-14-21(15-12-18)34(30,31)27(3)19-9-7-6-8-10-19/h6-17H,4-5H2,1-3H3. The molecule has 4 aromatic rings. The SMILES string of the molecule is CCN(CC)c1nc2ccc(OC(=O)c3ccc(S(=O)(=O)N(C)c4ccccc4)cc3)cc2s1. The molecular formula is C25H25N3O4S2. The normalized spacial score (nSPS) is 11.4. The molecule has 9 heteroatoms. The van der Waals surface area contributed by atoms with Crippen LogP contribution in [-0.4, -0.2) is 39.5 Å². The van der Waals surface area contributed by atoms with Crippen LogP contribution < -0.4 is 13.9 Å². The van der Waals surface area contributed by atoms with Crippen molar-refractivity contribution in [3.05, 3.63) is 78.4 Å². The van der Waals surface area contributed by atoms with Crippen molar-refractivity contribution in [3.8, 4) is 5.75 Å². The number of nitrogens with zero attached hydrogens (tertiary/aromatic N) is 3. The zero-order valence-electron chi connectivity index (χ0n) is 19.1. The van der Waals surface area contributed by atoms with E-state index in [-0.39, 0.29) is 10.5 Å². The van der Waals surface area contributed by atoms with Gasteiger partial charge in [-0.3, -0.25) is 4.31 Å². The average molecular weight is 496 g/mol. The van der Waals surface area contributed by atoms with Gasteiger partial charge in [0.25, 0.3) is 10.0 Å². The molecule has 7 nitrogen and oxygen atoms in total. The van der Waals surface area contributed by atoms with E-state index in [1.807, 2.05) is 12.1 Å². The predicted molar refractivity (Wildman–Crippen MR) is 137 cm³/mol. The summed E-state index contributed by atoms with van der Waals surface area (Å²) < 4.78 is 33.5. The Morgan fingerprint density at radius 3 is 2.29 bits per heavy atom. The Kier molecular flexibility index (Phi) is 6.85. The molecule has 0 amide bonds. The number of esters is 1. The second-order valence-corrected chi connectivity index (χ2v) is 10.5. The third kappa shape index (κ3) is 4.76. The first-order valence-electron chi connectivity index (χ1n) is 10.8. The highest BCUT2D eigenvalue weighted by Crippen LogP contribution is 2.31. The van der Waals surface area contributed by atoms with E-state index in [2.05, 4.69) is 23.7 Å². The summed E-state index contributed by atoms with van der Waals surface area (Å²) in [5.41, 5.74) is 1.66. The topological polar surface area (TPSA) is 79.8 Å². The van der Waals surface area contributed by atoms with Crippen LogP contribution in [0, 0.1) is 0 Å². The van der Waals surface area contributed by atoms with Gasteiger partial charge in [-0.15, -0.1) is 0 Å². The van der Waals surface area contributed by atoms with Gasteiger partial charge < -0.3 is 9.64 Å². The van der Waals surface area contributed by atoms with E-state index >= 15 is 0 Å². The molecule has 0 N–H and O–H groups in total. The van der Waals surface area contributed by atoms with E-state index in [0.29, 0.717) is 11.4 Å². The van der Waals surface area contributed by atoms with Gasteiger partial charge in [-0.25, -0.2) is 18.2 Å². The van der Waals surface area contributed by atoms with Gasteiger partial charge in [0.1, 0.15) is 5.75 Å². The van der Waals surface area contributed by atoms with Gasteiger partial charge in [-0.2, -0.15) is 0 Å². The molecule has 0 aliphatic rings. The lowest BCUT2D eigenvalue weighted by Gasteiger charge is -2.19. The highest BCUT2D eigenvalue weighted by atomic mass is 32.2. The lowest BCUT2D eigenvalue weighted by atomic mass is 10.2. The first-order valence-corrected chi connectivity index (χ1v) is 13.1. The summed E-state index contributed by atoms with van der Waals surface area (Å²) in [6, 6.07) is 19.9. The van der Waals surface area contributed by atoms with Crippen LogP contribution in [0.4, 0.5) is 10.8 Å². The summed E-state index contributed by atoms with van der Waals surface area (Å²) >= 11 is 1.55. The Bertz CT molecular complexity index is 1400. The lowest BCUT2D eigenvalue weighted by molar-refractivity contribution is 0.0735. The number of benzene rings is 3. The molecule has 0 radical (unpaired) electrons. The third-order valence-corrected chi connectivity index (χ3v) is 8.34. The zero-order chi connectivity index (χ0) is 24.3. The number of ether oxygens (including phenoxy) is 1. The van der Waals surface area contributed by atoms with Crippen molar-refractivity contribution in [1.82, 2.24) is 4.98 Å². The number of sulfonamides is 1. The van der Waals surface area contributed by atoms with Crippen LogP contribution in [0.3, 0.4) is 0 Å². The van der Waals surface area contributed by atoms with Crippen molar-refractivity contribution in [1.29, 1.82) is 0 Å². The highest BCUT2D eigenvalue weighted by molar-refractivity contribution is 7.92. The fraction of sp³-hybridized carbons (Fsp3) is 0.200. The lowest BCUT2D eigenvalue weighted by Crippen LogP contribution is -2.26. The van der Waals surface area contributed by atoms with Crippen molar-refractivity contribution in [2.24, 2.45) is 0 Å². The summed E-state index contributed by atoms with van der Waals surface area (Å²) in [5.74, 6) is -0.152. The Balaban J connectivity index is 1.50. The van der Waals surface area contributed by atoms with Gasteiger partial charge in [0.05, 0.1) is 26.4 Å². The van der Waals surface area contributed by atoms with Gasteiger partial charge in [0, 0.05) is 26.2 Å². The van der Waals surface area contributed by atoms with Crippen LogP contribution in [0.2, 0.25) is 0 Å². The second-order valence-electron chi connectivity index (χ2n) is 7.52. The molecular weight excluding hydrogens is 470 g/mol. The quantitative estimate of drug-likeness (QED) is 0.247. The minimum Gasteiger partial charge on any atom is -0.423 e. The Hall–Kier alpha value is -3.43. The minimum absolute atomic E-state index is 0.0883. The number of carbonyl (C=O) groups excluding carboxylic acids is 1. The molecule has 0 bridgehead atoms. The number of aromatic nitrogens is 1. The number of carbonyl (C=O) groups is 1. The number of hydrogen-bond acceptors (Lipinski definition) is 7. The molecule has 0 aliphatic carbocycles. The number of anilines is 2. The molecule has 4 rings (SSSR count). The van der Waals surface area contributed by atoms with E-state index in [1.165, 1.54) is 35.6 Å². The number of hydrogen-bond donors (Lipinski definition) is 0. The van der Waals surface area contributed by atoms with Crippen LogP contribution in [-0.2, 0) is 10.0 Å². The smallest absolute Gasteiger partial charge is 0.343 e. The summed E-state index contributed by atoms with van der Waals surface area (Å²) in [5, 5.41) is 0.931. The molecule has 0 saturated heterocycles. The van der Waals surface area contributed by atoms with Crippen molar-refractivity contribution >= 4 is 48.4 Å². The molecule has 0 saturated carbocycles. The van der Waals surface area contributed by atoms with Crippen molar-refractivity contribution in [2.45, 2.75) is 18.7 Å². The number of thiazole rings is 1. The van der Waals surface area contributed by atoms with Crippen LogP contribution in [0.25, 0.3) is 10.2 Å². The molecule has 0 fully saturated rings. The number of rotatable bonds is 8. The van der Waals surface area contributed by atoms with Gasteiger partial charge >= 0.3 is 5.97 Å². The van der Waals surface area contributed by atoms with Gasteiger partial charge in [0.2, 0.25) is 0 Å². The fourth-order valence-corrected chi connectivity index (χ4v) is 5.77. The van der Waals surface area contributed by atoms with Gasteiger partial charge in [0.15, 0.2) is 5.13 Å². The first kappa shape index (κ1) is 23.7. The van der Waals surface area contributed by atoms with Crippen LogP contribution in [0.1, 0.15) is 24.2 Å². The zero-order valence-corrected chi connectivity index (χ0v) is 20.8. The van der Waals surface area contributed by atoms with Gasteiger partial charge in [-0.1, -0.05) is 29.5 Å². The largest absolute Gasteiger partial charge is 0.423 e. The van der Waals surface area contributed by atoms with Crippen LogP contribution >= 0.6 is 11.3 Å². The molecule has 0 aliphatic heterocycles. The summed E-state index contributed by atoms with van der Waals surface area (Å²) in [4.78, 5) is 19.6. The maximum Gasteiger partial charge on any atom is 0.343 e. The van der Waals surface area contributed by atoms with E-state index in [9.17, 15) is 13.2 Å². The molecule has 1 heterocycles. The molecule has 1 aromatic heterocycles. The van der Waals surface area contributed by atoms with E-state index in [4.69, 9.17) is 4.74 Å². The summed E-state index contributed by atoms with van der Waals surface area (Å²) in [6.07, 6.45) is 0. The Morgan fingerprint density at radius 1 is 0.971 bits per heavy atom. The summed E-state index contributed by atoms with van der Waals surface area (Å²) in [7, 11) is -2.26. The fourth-order valence-electron chi connectivity index (χ4n) is 3.45. The van der Waals surface area contributed by atoms with Gasteiger partial charge in [-0.05, 0) is 62.4 Å². The maximum atomic E-state index is 12.9. The second kappa shape index (κ2) is 9.82. The Labute approximate surface area is 203 Å². The van der Waals surface area contributed by atoms with Crippen molar-refractivity contribution < 1.29 is 17.9 Å². The average Bonchev–Trinajstić information content (AvgIpc) is 3.28. The van der Waals surface area contributed by atoms with Crippen molar-refractivity contribution in [2.75, 3.05) is 29.3 Å². The number of para-hydroxylation sites is 1. The van der Waals surface area contributed by atoms with Crippen molar-refractivity contribution in [3.63, 3.8) is 0 Å². The van der Waals surface area contributed by atoms with E-state index in [1.54, 1.807) is 47.7 Å². The molecule has 3 aromatic carbocycles. The molecule has 0 spiro atoms. The minimum atomic E-state index is -3.76. The molecule has 0 unspecified atom stereocenters. The molecule has 0 atom stereocenters. The molecule has 176 valence electrons. The van der Waals surface area contributed by atoms with E-state index < -0.39 is 16.0 Å². The molecule has 34 heavy (non-hydrogen) atoms. The summed E-state index contributed by atoms with van der Waals surface area (Å²) in [6.45, 7) is 5.90. The van der Waals surface area contributed by atoms with E-state index in [0.717, 1.165) is 28.4 Å². The highest BCUT2D eigenvalue weighted by Gasteiger charge is 2.22. The maximum absolute atomic E-state index is 12.9. The van der Waals surface area contributed by atoms with Crippen LogP contribution in [0.15, 0.2) is 77.7 Å². The predicted octanol–water partition coefficient (Wildman–Crippen LogP) is 5.19. The van der Waals surface area contributed by atoms with Crippen LogP contribution in [0.5, 0.6) is 5.75 Å². The monoisotopic (exact) mass is 495 g/mol. The third-order valence-electron chi connectivity index (χ3n) is 5.46. The first-order chi connectivity index (χ1) is 16.3. The Morgan fingerprint density at radius 2 is 1.65 bits per heavy atom.